The SMILES string of the molecule is C=CC(=O)N1C[C@H](C)N(c2nc(=O)n3c4nc(c(F)cc24)-c2cc(ccc2F)N(C)C(=O)C(C(C)C)NC(=O)c2ccnc(C(C)C)c2-3)C[C@H]1C. The number of benzene rings is 1. The van der Waals surface area contributed by atoms with Crippen molar-refractivity contribution in [1.29, 1.82) is 0 Å². The minimum atomic E-state index is -1.03. The van der Waals surface area contributed by atoms with E-state index in [4.69, 9.17) is 0 Å². The summed E-state index contributed by atoms with van der Waals surface area (Å²) in [6, 6.07) is 4.69. The maximum absolute atomic E-state index is 16.5. The topological polar surface area (TPSA) is 134 Å². The van der Waals surface area contributed by atoms with Crippen molar-refractivity contribution in [2.75, 3.05) is 29.9 Å². The highest BCUT2D eigenvalue weighted by Crippen LogP contribution is 2.36. The van der Waals surface area contributed by atoms with E-state index in [1.807, 2.05) is 32.6 Å². The first-order chi connectivity index (χ1) is 24.1. The molecule has 14 heteroatoms. The van der Waals surface area contributed by atoms with Gasteiger partial charge in [0.25, 0.3) is 5.91 Å². The van der Waals surface area contributed by atoms with E-state index in [-0.39, 0.29) is 82.3 Å². The molecule has 0 saturated carbocycles. The third-order valence-electron chi connectivity index (χ3n) is 9.63. The van der Waals surface area contributed by atoms with Crippen LogP contribution >= 0.6 is 0 Å². The van der Waals surface area contributed by atoms with E-state index >= 15 is 8.78 Å². The summed E-state index contributed by atoms with van der Waals surface area (Å²) >= 11 is 0. The molecule has 1 N–H and O–H groups in total. The van der Waals surface area contributed by atoms with E-state index in [2.05, 4.69) is 26.8 Å². The van der Waals surface area contributed by atoms with Crippen LogP contribution in [0.2, 0.25) is 0 Å². The molecule has 4 aromatic rings. The van der Waals surface area contributed by atoms with Gasteiger partial charge in [-0.05, 0) is 62.1 Å². The third kappa shape index (κ3) is 6.02. The number of pyridine rings is 2. The molecule has 0 spiro atoms. The van der Waals surface area contributed by atoms with Gasteiger partial charge in [-0.25, -0.2) is 23.1 Å². The number of anilines is 2. The average molecular weight is 699 g/mol. The number of amides is 3. The van der Waals surface area contributed by atoms with Gasteiger partial charge < -0.3 is 20.0 Å². The Labute approximate surface area is 293 Å². The predicted octanol–water partition coefficient (Wildman–Crippen LogP) is 4.59. The molecule has 1 unspecified atom stereocenters. The van der Waals surface area contributed by atoms with Gasteiger partial charge >= 0.3 is 5.69 Å². The first-order valence-electron chi connectivity index (χ1n) is 16.8. The Kier molecular flexibility index (Phi) is 9.21. The summed E-state index contributed by atoms with van der Waals surface area (Å²) in [5, 5.41) is 2.98. The fraction of sp³-hybridized carbons (Fsp3) is 0.378. The lowest BCUT2D eigenvalue weighted by Gasteiger charge is -2.44. The van der Waals surface area contributed by atoms with Crippen molar-refractivity contribution in [3.63, 3.8) is 0 Å². The Morgan fingerprint density at radius 1 is 0.980 bits per heavy atom. The first-order valence-corrected chi connectivity index (χ1v) is 16.8. The van der Waals surface area contributed by atoms with E-state index < -0.39 is 40.9 Å². The summed E-state index contributed by atoms with van der Waals surface area (Å²) in [6.07, 6.45) is 2.68. The summed E-state index contributed by atoms with van der Waals surface area (Å²) < 4.78 is 33.3. The van der Waals surface area contributed by atoms with Crippen LogP contribution in [0.4, 0.5) is 20.3 Å². The van der Waals surface area contributed by atoms with Crippen LogP contribution in [0.1, 0.15) is 63.5 Å². The zero-order valence-electron chi connectivity index (χ0n) is 29.6. The van der Waals surface area contributed by atoms with Crippen molar-refractivity contribution in [2.45, 2.75) is 65.6 Å². The van der Waals surface area contributed by atoms with Crippen LogP contribution in [0.15, 0.2) is 54.0 Å². The quantitative estimate of drug-likeness (QED) is 0.306. The molecule has 3 aromatic heterocycles. The number of nitrogens with zero attached hydrogens (tertiary/aromatic N) is 7. The highest BCUT2D eigenvalue weighted by Gasteiger charge is 2.36. The Morgan fingerprint density at radius 2 is 1.71 bits per heavy atom. The van der Waals surface area contributed by atoms with Crippen molar-refractivity contribution in [3.8, 4) is 16.9 Å². The molecule has 51 heavy (non-hydrogen) atoms. The molecule has 0 aliphatic carbocycles. The lowest BCUT2D eigenvalue weighted by molar-refractivity contribution is -0.128. The summed E-state index contributed by atoms with van der Waals surface area (Å²) in [6.45, 7) is 15.1. The Bertz CT molecular complexity index is 2170. The number of halogens is 2. The van der Waals surface area contributed by atoms with Crippen LogP contribution in [-0.4, -0.2) is 80.4 Å². The number of piperazine rings is 1. The molecule has 3 amide bonds. The van der Waals surface area contributed by atoms with Crippen LogP contribution in [-0.2, 0) is 9.59 Å². The zero-order valence-corrected chi connectivity index (χ0v) is 29.6. The molecular weight excluding hydrogens is 658 g/mol. The van der Waals surface area contributed by atoms with Crippen LogP contribution in [0, 0.1) is 17.6 Å². The molecule has 4 bridgehead atoms. The van der Waals surface area contributed by atoms with Crippen molar-refractivity contribution in [3.05, 3.63) is 82.6 Å². The van der Waals surface area contributed by atoms with Gasteiger partial charge in [0, 0.05) is 49.7 Å². The molecule has 5 heterocycles. The second-order valence-electron chi connectivity index (χ2n) is 13.8. The van der Waals surface area contributed by atoms with Gasteiger partial charge in [0.05, 0.1) is 22.3 Å². The van der Waals surface area contributed by atoms with Gasteiger partial charge in [-0.2, -0.15) is 4.98 Å². The molecule has 1 fully saturated rings. The van der Waals surface area contributed by atoms with E-state index in [0.29, 0.717) is 5.69 Å². The molecular formula is C37H40F2N8O4. The molecule has 12 nitrogen and oxygen atoms in total. The minimum absolute atomic E-state index is 0.0146. The zero-order chi connectivity index (χ0) is 37.0. The van der Waals surface area contributed by atoms with Crippen molar-refractivity contribution in [1.82, 2.24) is 29.7 Å². The van der Waals surface area contributed by atoms with Crippen molar-refractivity contribution >= 4 is 40.3 Å². The maximum atomic E-state index is 16.5. The van der Waals surface area contributed by atoms with Crippen LogP contribution in [0.25, 0.3) is 28.0 Å². The number of fused-ring (bicyclic) bond motifs is 6. The number of aromatic nitrogens is 4. The summed E-state index contributed by atoms with van der Waals surface area (Å²) in [4.78, 5) is 73.6. The van der Waals surface area contributed by atoms with Gasteiger partial charge in [-0.3, -0.25) is 19.4 Å². The van der Waals surface area contributed by atoms with Gasteiger partial charge in [-0.15, -0.1) is 0 Å². The van der Waals surface area contributed by atoms with E-state index in [1.165, 1.54) is 42.4 Å². The second kappa shape index (κ2) is 13.3. The number of hydrogen-bond donors (Lipinski definition) is 1. The van der Waals surface area contributed by atoms with Crippen molar-refractivity contribution < 1.29 is 23.2 Å². The van der Waals surface area contributed by atoms with Gasteiger partial charge in [0.15, 0.2) is 5.65 Å². The van der Waals surface area contributed by atoms with Crippen LogP contribution in [0.3, 0.4) is 0 Å². The van der Waals surface area contributed by atoms with Gasteiger partial charge in [0.2, 0.25) is 11.8 Å². The highest BCUT2D eigenvalue weighted by molar-refractivity contribution is 6.05. The Balaban J connectivity index is 1.73. The molecule has 0 radical (unpaired) electrons. The number of carbonyl (C=O) groups excluding carboxylic acids is 3. The van der Waals surface area contributed by atoms with Gasteiger partial charge in [0.1, 0.15) is 29.2 Å². The Hall–Kier alpha value is -5.53. The van der Waals surface area contributed by atoms with Crippen LogP contribution in [0.5, 0.6) is 0 Å². The smallest absolute Gasteiger partial charge is 0.349 e. The third-order valence-corrected chi connectivity index (χ3v) is 9.63. The molecule has 2 aliphatic rings. The summed E-state index contributed by atoms with van der Waals surface area (Å²) in [5.74, 6) is -3.66. The maximum Gasteiger partial charge on any atom is 0.355 e. The summed E-state index contributed by atoms with van der Waals surface area (Å²) in [5.41, 5.74) is -0.910. The monoisotopic (exact) mass is 698 g/mol. The molecule has 1 aromatic carbocycles. The number of rotatable bonds is 4. The average Bonchev–Trinajstić information content (AvgIpc) is 3.09. The molecule has 266 valence electrons. The summed E-state index contributed by atoms with van der Waals surface area (Å²) in [7, 11) is 1.49. The van der Waals surface area contributed by atoms with Crippen molar-refractivity contribution in [2.24, 2.45) is 5.92 Å². The molecule has 2 aliphatic heterocycles. The molecule has 3 atom stereocenters. The first kappa shape index (κ1) is 35.3. The lowest BCUT2D eigenvalue weighted by atomic mass is 9.99. The van der Waals surface area contributed by atoms with E-state index in [9.17, 15) is 19.2 Å². The van der Waals surface area contributed by atoms with Crippen LogP contribution < -0.4 is 20.8 Å². The largest absolute Gasteiger partial charge is 0.355 e. The van der Waals surface area contributed by atoms with E-state index in [1.54, 1.807) is 18.7 Å². The fourth-order valence-corrected chi connectivity index (χ4v) is 6.84. The van der Waals surface area contributed by atoms with E-state index in [0.717, 1.165) is 16.7 Å². The lowest BCUT2D eigenvalue weighted by Crippen LogP contribution is -2.58. The fourth-order valence-electron chi connectivity index (χ4n) is 6.84. The molecule has 6 rings (SSSR count). The van der Waals surface area contributed by atoms with Gasteiger partial charge in [-0.1, -0.05) is 34.3 Å². The number of carbonyl (C=O) groups is 3. The predicted molar refractivity (Wildman–Crippen MR) is 190 cm³/mol. The minimum Gasteiger partial charge on any atom is -0.349 e. The Morgan fingerprint density at radius 3 is 2.37 bits per heavy atom. The highest BCUT2D eigenvalue weighted by atomic mass is 19.1. The normalized spacial score (nSPS) is 19.4. The second-order valence-corrected chi connectivity index (χ2v) is 13.8. The standard InChI is InChI=1S/C37H40F2N8O4/c1-9-28(48)45-16-21(7)46(17-20(45)6)33-25-15-27(39)31-24-14-22(10-11-26(24)38)44(8)36(50)30(19(4)5)42-35(49)23-12-13-40-29(18(2)3)32(23)47(34(25)41-31)37(51)43-33/h9-15,18-21,30H,1,16-17H2,2-8H3,(H,42,49)/t20-,21+,30?/m1/s1. The number of likely N-dealkylation sites (N-methyl/N-ethyl adjacent to an activating group) is 1. The number of hydrogen-bond acceptors (Lipinski definition) is 8. The molecule has 1 saturated heterocycles. The number of nitrogens with one attached hydrogen (secondary N) is 1.